The third-order valence-corrected chi connectivity index (χ3v) is 2.89. The molecule has 1 aromatic carbocycles. The molecular formula is C8H4Br3F3. The second-order valence-electron chi connectivity index (χ2n) is 2.58. The molecule has 1 aromatic rings. The molecule has 0 atom stereocenters. The average molecular weight is 397 g/mol. The van der Waals surface area contributed by atoms with Gasteiger partial charge in [0.1, 0.15) is 0 Å². The molecule has 0 spiro atoms. The Kier molecular flexibility index (Phi) is 3.70. The Morgan fingerprint density at radius 3 is 1.86 bits per heavy atom. The summed E-state index contributed by atoms with van der Waals surface area (Å²) in [7, 11) is 0. The van der Waals surface area contributed by atoms with Crippen molar-refractivity contribution in [2.45, 2.75) is 8.32 Å². The fourth-order valence-electron chi connectivity index (χ4n) is 0.872. The number of alkyl halides is 6. The average Bonchev–Trinajstić information content (AvgIpc) is 2.01. The summed E-state index contributed by atoms with van der Waals surface area (Å²) in [6.07, 6.45) is -4.31. The normalized spacial score (nSPS) is 13.0. The maximum atomic E-state index is 12.3. The zero-order valence-corrected chi connectivity index (χ0v) is 11.3. The molecule has 0 aliphatic heterocycles. The van der Waals surface area contributed by atoms with Crippen molar-refractivity contribution in [2.24, 2.45) is 0 Å². The summed E-state index contributed by atoms with van der Waals surface area (Å²) in [5.74, 6) is 0. The van der Waals surface area contributed by atoms with Gasteiger partial charge in [0.25, 0.3) is 0 Å². The van der Waals surface area contributed by atoms with Crippen LogP contribution in [-0.4, -0.2) is 0 Å². The van der Waals surface area contributed by atoms with Gasteiger partial charge in [-0.1, -0.05) is 59.9 Å². The van der Waals surface area contributed by atoms with Gasteiger partial charge in [-0.2, -0.15) is 13.2 Å². The maximum Gasteiger partial charge on any atom is 0.416 e. The molecule has 0 fully saturated rings. The van der Waals surface area contributed by atoms with Gasteiger partial charge in [0, 0.05) is 0 Å². The van der Waals surface area contributed by atoms with Gasteiger partial charge in [0.05, 0.1) is 5.56 Å². The molecule has 0 radical (unpaired) electrons. The Balaban J connectivity index is 3.15. The van der Waals surface area contributed by atoms with E-state index in [0.717, 1.165) is 12.1 Å². The van der Waals surface area contributed by atoms with Crippen molar-refractivity contribution in [3.05, 3.63) is 35.4 Å². The van der Waals surface area contributed by atoms with Crippen LogP contribution in [-0.2, 0) is 8.32 Å². The summed E-state index contributed by atoms with van der Waals surface area (Å²) in [5.41, 5.74) is -0.218. The van der Waals surface area contributed by atoms with E-state index in [1.165, 1.54) is 6.07 Å². The van der Waals surface area contributed by atoms with Crippen molar-refractivity contribution in [3.63, 3.8) is 0 Å². The minimum atomic E-state index is -4.31. The number of hydrogen-bond acceptors (Lipinski definition) is 0. The van der Waals surface area contributed by atoms with Gasteiger partial charge in [0.15, 0.2) is 2.14 Å². The Labute approximate surface area is 104 Å². The molecule has 6 heteroatoms. The van der Waals surface area contributed by atoms with Gasteiger partial charge in [-0.15, -0.1) is 0 Å². The van der Waals surface area contributed by atoms with Gasteiger partial charge in [0.2, 0.25) is 0 Å². The number of hydrogen-bond donors (Lipinski definition) is 0. The maximum absolute atomic E-state index is 12.3. The molecule has 0 unspecified atom stereocenters. The van der Waals surface area contributed by atoms with Crippen molar-refractivity contribution >= 4 is 47.8 Å². The van der Waals surface area contributed by atoms with E-state index in [1.54, 1.807) is 6.07 Å². The lowest BCUT2D eigenvalue weighted by Gasteiger charge is -2.14. The van der Waals surface area contributed by atoms with Crippen LogP contribution >= 0.6 is 47.8 Å². The van der Waals surface area contributed by atoms with Crippen LogP contribution in [0.3, 0.4) is 0 Å². The molecule has 78 valence electrons. The van der Waals surface area contributed by atoms with E-state index in [9.17, 15) is 13.2 Å². The smallest absolute Gasteiger partial charge is 0.166 e. The minimum absolute atomic E-state index is 0.451. The summed E-state index contributed by atoms with van der Waals surface area (Å²) in [4.78, 5) is 0. The first-order valence-electron chi connectivity index (χ1n) is 3.46. The van der Waals surface area contributed by atoms with Crippen molar-refractivity contribution < 1.29 is 13.2 Å². The van der Waals surface area contributed by atoms with Crippen LogP contribution in [0.5, 0.6) is 0 Å². The van der Waals surface area contributed by atoms with Crippen molar-refractivity contribution in [1.82, 2.24) is 0 Å². The van der Waals surface area contributed by atoms with E-state index < -0.39 is 13.9 Å². The highest BCUT2D eigenvalue weighted by Crippen LogP contribution is 2.45. The largest absolute Gasteiger partial charge is 0.416 e. The van der Waals surface area contributed by atoms with E-state index in [0.29, 0.717) is 5.56 Å². The van der Waals surface area contributed by atoms with E-state index in [2.05, 4.69) is 47.8 Å². The Hall–Kier alpha value is 0.450. The topological polar surface area (TPSA) is 0 Å². The van der Waals surface area contributed by atoms with Crippen LogP contribution in [0.4, 0.5) is 13.2 Å². The molecule has 0 saturated heterocycles. The standard InChI is InChI=1S/C8H4Br3F3/c9-7(10,11)5-2-1-3-6(4-5)8(12,13)14/h1-4H. The predicted molar refractivity (Wildman–Crippen MR) is 59.9 cm³/mol. The van der Waals surface area contributed by atoms with Crippen LogP contribution in [0.2, 0.25) is 0 Å². The molecule has 0 amide bonds. The first kappa shape index (κ1) is 12.5. The third-order valence-electron chi connectivity index (χ3n) is 1.52. The molecule has 0 aliphatic rings. The lowest BCUT2D eigenvalue weighted by Crippen LogP contribution is -2.07. The molecule has 0 N–H and O–H groups in total. The SMILES string of the molecule is FC(F)(F)c1cccc(C(Br)(Br)Br)c1. The zero-order chi connectivity index (χ0) is 11.0. The molecule has 0 bridgehead atoms. The Morgan fingerprint density at radius 1 is 0.929 bits per heavy atom. The Morgan fingerprint density at radius 2 is 1.43 bits per heavy atom. The number of rotatable bonds is 0. The Bertz CT molecular complexity index is 298. The van der Waals surface area contributed by atoms with E-state index in [-0.39, 0.29) is 0 Å². The van der Waals surface area contributed by atoms with Crippen LogP contribution in [0.1, 0.15) is 11.1 Å². The lowest BCUT2D eigenvalue weighted by atomic mass is 10.1. The van der Waals surface area contributed by atoms with Gasteiger partial charge < -0.3 is 0 Å². The van der Waals surface area contributed by atoms with Crippen LogP contribution in [0.15, 0.2) is 24.3 Å². The molecular weight excluding hydrogens is 393 g/mol. The second kappa shape index (κ2) is 4.14. The third kappa shape index (κ3) is 3.24. The van der Waals surface area contributed by atoms with Gasteiger partial charge >= 0.3 is 6.18 Å². The first-order valence-corrected chi connectivity index (χ1v) is 5.83. The molecule has 0 aliphatic carbocycles. The quantitative estimate of drug-likeness (QED) is 0.541. The number of benzene rings is 1. The summed E-state index contributed by atoms with van der Waals surface area (Å²) < 4.78 is 36.1. The molecule has 0 nitrogen and oxygen atoms in total. The summed E-state index contributed by atoms with van der Waals surface area (Å²) in [6, 6.07) is 5.03. The fraction of sp³-hybridized carbons (Fsp3) is 0.250. The van der Waals surface area contributed by atoms with Gasteiger partial charge in [-0.3, -0.25) is 0 Å². The van der Waals surface area contributed by atoms with E-state index in [4.69, 9.17) is 0 Å². The zero-order valence-electron chi connectivity index (χ0n) is 6.58. The molecule has 1 rings (SSSR count). The predicted octanol–water partition coefficient (Wildman–Crippen LogP) is 5.00. The van der Waals surface area contributed by atoms with Crippen molar-refractivity contribution in [1.29, 1.82) is 0 Å². The van der Waals surface area contributed by atoms with Crippen LogP contribution in [0.25, 0.3) is 0 Å². The van der Waals surface area contributed by atoms with E-state index in [1.807, 2.05) is 0 Å². The fourth-order valence-corrected chi connectivity index (χ4v) is 1.61. The monoisotopic (exact) mass is 394 g/mol. The highest BCUT2D eigenvalue weighted by Gasteiger charge is 2.32. The highest BCUT2D eigenvalue weighted by atomic mass is 80.0. The molecule has 0 aromatic heterocycles. The van der Waals surface area contributed by atoms with Crippen LogP contribution < -0.4 is 0 Å². The van der Waals surface area contributed by atoms with Crippen molar-refractivity contribution in [2.75, 3.05) is 0 Å². The minimum Gasteiger partial charge on any atom is -0.166 e. The molecule has 14 heavy (non-hydrogen) atoms. The van der Waals surface area contributed by atoms with Gasteiger partial charge in [-0.05, 0) is 17.7 Å². The molecule has 0 saturated carbocycles. The van der Waals surface area contributed by atoms with Crippen LogP contribution in [0, 0.1) is 0 Å². The lowest BCUT2D eigenvalue weighted by molar-refractivity contribution is -0.137. The van der Waals surface area contributed by atoms with E-state index >= 15 is 0 Å². The van der Waals surface area contributed by atoms with Gasteiger partial charge in [-0.25, -0.2) is 0 Å². The summed E-state index contributed by atoms with van der Waals surface area (Å²) in [5, 5.41) is 0. The first-order chi connectivity index (χ1) is 6.21. The summed E-state index contributed by atoms with van der Waals surface area (Å²) >= 11 is 9.46. The second-order valence-corrected chi connectivity index (χ2v) is 9.34. The highest BCUT2D eigenvalue weighted by molar-refractivity contribution is 9.38. The van der Waals surface area contributed by atoms with Crippen molar-refractivity contribution in [3.8, 4) is 0 Å². The molecule has 0 heterocycles. The summed E-state index contributed by atoms with van der Waals surface area (Å²) in [6.45, 7) is 0. The number of halogens is 6.